The zero-order valence-corrected chi connectivity index (χ0v) is 19.8. The Morgan fingerprint density at radius 3 is 2.42 bits per heavy atom. The van der Waals surface area contributed by atoms with Gasteiger partial charge in [0, 0.05) is 17.3 Å². The third-order valence-corrected chi connectivity index (χ3v) is 7.58. The van der Waals surface area contributed by atoms with Crippen molar-refractivity contribution in [2.75, 3.05) is 25.4 Å². The van der Waals surface area contributed by atoms with Gasteiger partial charge in [0.2, 0.25) is 0 Å². The van der Waals surface area contributed by atoms with Crippen LogP contribution in [0.2, 0.25) is 5.02 Å². The molecule has 3 rings (SSSR count). The summed E-state index contributed by atoms with van der Waals surface area (Å²) in [4.78, 5) is 14.9. The van der Waals surface area contributed by atoms with Crippen LogP contribution in [0.1, 0.15) is 26.8 Å². The number of sulfonamides is 1. The summed E-state index contributed by atoms with van der Waals surface area (Å²) >= 11 is 7.41. The van der Waals surface area contributed by atoms with Gasteiger partial charge < -0.3 is 10.2 Å². The topological polar surface area (TPSA) is 78.5 Å². The van der Waals surface area contributed by atoms with Gasteiger partial charge in [0.05, 0.1) is 6.04 Å². The van der Waals surface area contributed by atoms with E-state index in [1.54, 1.807) is 23.6 Å². The quantitative estimate of drug-likeness (QED) is 0.499. The van der Waals surface area contributed by atoms with E-state index in [1.807, 2.05) is 56.3 Å². The molecule has 0 fully saturated rings. The number of likely N-dealkylation sites (N-methyl/N-ethyl adjacent to an activating group) is 1. The van der Waals surface area contributed by atoms with E-state index in [-0.39, 0.29) is 22.4 Å². The van der Waals surface area contributed by atoms with E-state index in [9.17, 15) is 13.2 Å². The highest BCUT2D eigenvalue weighted by Crippen LogP contribution is 2.27. The van der Waals surface area contributed by atoms with Crippen molar-refractivity contribution in [1.29, 1.82) is 0 Å². The summed E-state index contributed by atoms with van der Waals surface area (Å²) < 4.78 is 28.3. The lowest BCUT2D eigenvalue weighted by Crippen LogP contribution is -2.35. The molecule has 0 aliphatic rings. The van der Waals surface area contributed by atoms with Gasteiger partial charge in [-0.05, 0) is 56.2 Å². The number of hydrogen-bond acceptors (Lipinski definition) is 5. The molecule has 0 spiro atoms. The van der Waals surface area contributed by atoms with Gasteiger partial charge in [-0.3, -0.25) is 9.52 Å². The van der Waals surface area contributed by atoms with E-state index in [0.29, 0.717) is 10.7 Å². The van der Waals surface area contributed by atoms with Crippen LogP contribution in [0.15, 0.2) is 64.9 Å². The highest BCUT2D eigenvalue weighted by molar-refractivity contribution is 7.93. The first-order chi connectivity index (χ1) is 14.7. The minimum Gasteiger partial charge on any atom is -0.349 e. The Kier molecular flexibility index (Phi) is 7.38. The van der Waals surface area contributed by atoms with Gasteiger partial charge in [0.15, 0.2) is 0 Å². The lowest BCUT2D eigenvalue weighted by molar-refractivity contribution is 0.0943. The summed E-state index contributed by atoms with van der Waals surface area (Å²) in [5, 5.41) is 5.06. The number of carbonyl (C=O) groups excluding carboxylic acids is 1. The zero-order valence-electron chi connectivity index (χ0n) is 17.4. The fraction of sp³-hybridized carbons (Fsp3) is 0.227. The molecule has 3 aromatic rings. The number of carbonyl (C=O) groups is 1. The number of amides is 1. The Bertz CT molecular complexity index is 1160. The summed E-state index contributed by atoms with van der Waals surface area (Å²) in [5.74, 6) is -0.446. The maximum absolute atomic E-state index is 12.9. The molecule has 9 heteroatoms. The summed E-state index contributed by atoms with van der Waals surface area (Å²) in [5.41, 5.74) is 2.34. The Balaban J connectivity index is 1.77. The molecule has 0 radical (unpaired) electrons. The van der Waals surface area contributed by atoms with Gasteiger partial charge in [0.1, 0.15) is 9.77 Å². The molecule has 0 saturated carbocycles. The van der Waals surface area contributed by atoms with Gasteiger partial charge >= 0.3 is 0 Å². The summed E-state index contributed by atoms with van der Waals surface area (Å²) in [7, 11) is -0.113. The Morgan fingerprint density at radius 1 is 1.10 bits per heavy atom. The Hall–Kier alpha value is -2.39. The van der Waals surface area contributed by atoms with Gasteiger partial charge in [-0.2, -0.15) is 0 Å². The molecule has 0 aliphatic heterocycles. The van der Waals surface area contributed by atoms with Crippen molar-refractivity contribution in [3.8, 4) is 0 Å². The van der Waals surface area contributed by atoms with Crippen LogP contribution in [-0.2, 0) is 10.0 Å². The predicted octanol–water partition coefficient (Wildman–Crippen LogP) is 4.54. The minimum atomic E-state index is -3.90. The van der Waals surface area contributed by atoms with Crippen molar-refractivity contribution in [2.45, 2.75) is 17.9 Å². The highest BCUT2D eigenvalue weighted by Gasteiger charge is 2.25. The third kappa shape index (κ3) is 5.65. The van der Waals surface area contributed by atoms with Crippen molar-refractivity contribution in [3.05, 3.63) is 81.0 Å². The van der Waals surface area contributed by atoms with Crippen molar-refractivity contribution in [3.63, 3.8) is 0 Å². The number of thiophene rings is 1. The Labute approximate surface area is 191 Å². The molecule has 31 heavy (non-hydrogen) atoms. The molecule has 0 unspecified atom stereocenters. The first-order valence-electron chi connectivity index (χ1n) is 9.55. The normalized spacial score (nSPS) is 12.5. The van der Waals surface area contributed by atoms with Crippen LogP contribution in [0.5, 0.6) is 0 Å². The molecule has 0 aliphatic carbocycles. The first-order valence-corrected chi connectivity index (χ1v) is 12.3. The van der Waals surface area contributed by atoms with E-state index in [4.69, 9.17) is 11.6 Å². The average Bonchev–Trinajstić information content (AvgIpc) is 3.22. The molecule has 0 bridgehead atoms. The highest BCUT2D eigenvalue weighted by atomic mass is 35.5. The number of nitrogens with one attached hydrogen (secondary N) is 2. The van der Waals surface area contributed by atoms with Gasteiger partial charge in [-0.1, -0.05) is 47.5 Å². The van der Waals surface area contributed by atoms with Gasteiger partial charge in [-0.15, -0.1) is 11.3 Å². The molecule has 6 nitrogen and oxygen atoms in total. The van der Waals surface area contributed by atoms with Crippen LogP contribution in [-0.4, -0.2) is 39.9 Å². The van der Waals surface area contributed by atoms with E-state index < -0.39 is 15.9 Å². The first kappa shape index (κ1) is 23.3. The molecular formula is C22H24ClN3O3S2. The SMILES string of the molecule is Cc1ccc(NS(=O)(=O)c2ccsc2C(=O)NC[C@H](c2ccccc2Cl)N(C)C)cc1. The lowest BCUT2D eigenvalue weighted by atomic mass is 10.1. The molecule has 1 amide bonds. The van der Waals surface area contributed by atoms with Crippen LogP contribution in [0.4, 0.5) is 5.69 Å². The third-order valence-electron chi connectivity index (χ3n) is 4.77. The molecule has 2 N–H and O–H groups in total. The van der Waals surface area contributed by atoms with Crippen LogP contribution in [0.3, 0.4) is 0 Å². The number of benzene rings is 2. The zero-order chi connectivity index (χ0) is 22.6. The average molecular weight is 478 g/mol. The number of halogens is 1. The van der Waals surface area contributed by atoms with Crippen LogP contribution < -0.4 is 10.0 Å². The van der Waals surface area contributed by atoms with E-state index in [0.717, 1.165) is 22.5 Å². The van der Waals surface area contributed by atoms with Crippen LogP contribution in [0.25, 0.3) is 0 Å². The Morgan fingerprint density at radius 2 is 1.77 bits per heavy atom. The second-order valence-electron chi connectivity index (χ2n) is 7.30. The number of hydrogen-bond donors (Lipinski definition) is 2. The standard InChI is InChI=1S/C22H24ClN3O3S2/c1-15-8-10-16(11-9-15)25-31(28,29)20-12-13-30-21(20)22(27)24-14-19(26(2)3)17-6-4-5-7-18(17)23/h4-13,19,25H,14H2,1-3H3,(H,24,27)/t19-/m1/s1. The molecular weight excluding hydrogens is 454 g/mol. The van der Waals surface area contributed by atoms with Gasteiger partial charge in [-0.25, -0.2) is 8.42 Å². The monoisotopic (exact) mass is 477 g/mol. The van der Waals surface area contributed by atoms with Crippen molar-refractivity contribution in [2.24, 2.45) is 0 Å². The fourth-order valence-electron chi connectivity index (χ4n) is 3.09. The van der Waals surface area contributed by atoms with Crippen molar-refractivity contribution in [1.82, 2.24) is 10.2 Å². The maximum Gasteiger partial charge on any atom is 0.263 e. The molecule has 1 heterocycles. The number of aryl methyl sites for hydroxylation is 1. The smallest absolute Gasteiger partial charge is 0.263 e. The lowest BCUT2D eigenvalue weighted by Gasteiger charge is -2.26. The van der Waals surface area contributed by atoms with Crippen LogP contribution in [0, 0.1) is 6.92 Å². The summed E-state index contributed by atoms with van der Waals surface area (Å²) in [6.07, 6.45) is 0. The largest absolute Gasteiger partial charge is 0.349 e. The molecule has 1 atom stereocenters. The van der Waals surface area contributed by atoms with Crippen molar-refractivity contribution >= 4 is 44.6 Å². The van der Waals surface area contributed by atoms with Gasteiger partial charge in [0.25, 0.3) is 15.9 Å². The summed E-state index contributed by atoms with van der Waals surface area (Å²) in [6.45, 7) is 2.20. The number of rotatable bonds is 8. The minimum absolute atomic E-state index is 0.0466. The predicted molar refractivity (Wildman–Crippen MR) is 127 cm³/mol. The summed E-state index contributed by atoms with van der Waals surface area (Å²) in [6, 6.07) is 15.7. The van der Waals surface area contributed by atoms with Crippen molar-refractivity contribution < 1.29 is 13.2 Å². The molecule has 164 valence electrons. The number of anilines is 1. The maximum atomic E-state index is 12.9. The van der Waals surface area contributed by atoms with E-state index >= 15 is 0 Å². The fourth-order valence-corrected chi connectivity index (χ4v) is 5.76. The number of nitrogens with zero attached hydrogens (tertiary/aromatic N) is 1. The molecule has 1 aromatic heterocycles. The second-order valence-corrected chi connectivity index (χ2v) is 10.3. The van der Waals surface area contributed by atoms with E-state index in [1.165, 1.54) is 6.07 Å². The molecule has 2 aromatic carbocycles. The molecule has 0 saturated heterocycles. The van der Waals surface area contributed by atoms with E-state index in [2.05, 4.69) is 10.0 Å². The van der Waals surface area contributed by atoms with Crippen LogP contribution >= 0.6 is 22.9 Å². The second kappa shape index (κ2) is 9.82.